The quantitative estimate of drug-likeness (QED) is 0.903. The molecule has 1 saturated heterocycles. The summed E-state index contributed by atoms with van der Waals surface area (Å²) in [4.78, 5) is 18.8. The summed E-state index contributed by atoms with van der Waals surface area (Å²) in [6.07, 6.45) is 2.06. The molecule has 0 aliphatic carbocycles. The van der Waals surface area contributed by atoms with Gasteiger partial charge in [-0.3, -0.25) is 4.79 Å². The molecule has 0 atom stereocenters. The van der Waals surface area contributed by atoms with Gasteiger partial charge in [0.25, 0.3) is 5.91 Å². The first-order valence-corrected chi connectivity index (χ1v) is 6.95. The molecule has 0 radical (unpaired) electrons. The third kappa shape index (κ3) is 3.00. The lowest BCUT2D eigenvalue weighted by Gasteiger charge is -2.26. The highest BCUT2D eigenvalue weighted by Gasteiger charge is 2.22. The van der Waals surface area contributed by atoms with Crippen LogP contribution in [0.5, 0.6) is 0 Å². The highest BCUT2D eigenvalue weighted by molar-refractivity contribution is 7.17. The SMILES string of the molecule is Cc1nc(N)sc1C(=O)N(C)CC1CCOCC1. The molecule has 1 aromatic rings. The van der Waals surface area contributed by atoms with Gasteiger partial charge in [0.05, 0.1) is 5.69 Å². The molecular formula is C12H19N3O2S. The molecule has 18 heavy (non-hydrogen) atoms. The van der Waals surface area contributed by atoms with Gasteiger partial charge in [-0.15, -0.1) is 0 Å². The predicted molar refractivity (Wildman–Crippen MR) is 71.8 cm³/mol. The lowest BCUT2D eigenvalue weighted by Crippen LogP contribution is -2.34. The van der Waals surface area contributed by atoms with E-state index in [-0.39, 0.29) is 5.91 Å². The Hall–Kier alpha value is -1.14. The largest absolute Gasteiger partial charge is 0.381 e. The van der Waals surface area contributed by atoms with E-state index >= 15 is 0 Å². The maximum absolute atomic E-state index is 12.3. The van der Waals surface area contributed by atoms with Gasteiger partial charge in [-0.2, -0.15) is 0 Å². The van der Waals surface area contributed by atoms with Crippen molar-refractivity contribution in [2.45, 2.75) is 19.8 Å². The number of anilines is 1. The average molecular weight is 269 g/mol. The fraction of sp³-hybridized carbons (Fsp3) is 0.667. The van der Waals surface area contributed by atoms with Crippen LogP contribution < -0.4 is 5.73 Å². The number of nitrogens with zero attached hydrogens (tertiary/aromatic N) is 2. The summed E-state index contributed by atoms with van der Waals surface area (Å²) >= 11 is 1.26. The molecule has 0 bridgehead atoms. The molecule has 0 saturated carbocycles. The van der Waals surface area contributed by atoms with E-state index in [9.17, 15) is 4.79 Å². The third-order valence-electron chi connectivity index (χ3n) is 3.23. The topological polar surface area (TPSA) is 68.5 Å². The second-order valence-electron chi connectivity index (χ2n) is 4.71. The van der Waals surface area contributed by atoms with E-state index in [4.69, 9.17) is 10.5 Å². The maximum atomic E-state index is 12.3. The third-order valence-corrected chi connectivity index (χ3v) is 4.20. The van der Waals surface area contributed by atoms with Crippen LogP contribution in [0, 0.1) is 12.8 Å². The predicted octanol–water partition coefficient (Wildman–Crippen LogP) is 1.53. The van der Waals surface area contributed by atoms with Crippen LogP contribution >= 0.6 is 11.3 Å². The smallest absolute Gasteiger partial charge is 0.265 e. The van der Waals surface area contributed by atoms with Crippen molar-refractivity contribution in [3.8, 4) is 0 Å². The molecule has 0 aromatic carbocycles. The van der Waals surface area contributed by atoms with E-state index in [1.807, 2.05) is 14.0 Å². The number of amides is 1. The highest BCUT2D eigenvalue weighted by Crippen LogP contribution is 2.22. The minimum atomic E-state index is 0.0215. The summed E-state index contributed by atoms with van der Waals surface area (Å²) in [6.45, 7) is 4.21. The molecule has 1 aromatic heterocycles. The molecule has 2 rings (SSSR count). The fourth-order valence-electron chi connectivity index (χ4n) is 2.19. The summed E-state index contributed by atoms with van der Waals surface area (Å²) in [5, 5.41) is 0.454. The minimum absolute atomic E-state index is 0.0215. The van der Waals surface area contributed by atoms with Gasteiger partial charge in [-0.1, -0.05) is 11.3 Å². The Bertz CT molecular complexity index is 427. The van der Waals surface area contributed by atoms with E-state index in [1.54, 1.807) is 4.90 Å². The summed E-state index contributed by atoms with van der Waals surface area (Å²) in [7, 11) is 1.84. The van der Waals surface area contributed by atoms with Crippen molar-refractivity contribution in [2.75, 3.05) is 32.5 Å². The van der Waals surface area contributed by atoms with E-state index in [0.717, 1.165) is 38.3 Å². The van der Waals surface area contributed by atoms with Crippen LogP contribution in [-0.2, 0) is 4.74 Å². The number of nitrogens with two attached hydrogens (primary N) is 1. The number of aromatic nitrogens is 1. The summed E-state index contributed by atoms with van der Waals surface area (Å²) in [5.41, 5.74) is 6.35. The zero-order valence-corrected chi connectivity index (χ0v) is 11.6. The van der Waals surface area contributed by atoms with Crippen molar-refractivity contribution < 1.29 is 9.53 Å². The van der Waals surface area contributed by atoms with E-state index in [2.05, 4.69) is 4.98 Å². The second kappa shape index (κ2) is 5.67. The first kappa shape index (κ1) is 13.3. The summed E-state index contributed by atoms with van der Waals surface area (Å²) in [6, 6.07) is 0. The molecule has 2 N–H and O–H groups in total. The fourth-order valence-corrected chi connectivity index (χ4v) is 3.02. The molecule has 1 fully saturated rings. The van der Waals surface area contributed by atoms with Crippen LogP contribution in [0.15, 0.2) is 0 Å². The van der Waals surface area contributed by atoms with Gasteiger partial charge in [-0.25, -0.2) is 4.98 Å². The molecule has 1 aliphatic heterocycles. The highest BCUT2D eigenvalue weighted by atomic mass is 32.1. The standard InChI is InChI=1S/C12H19N3O2S/c1-8-10(18-12(13)14-8)11(16)15(2)7-9-3-5-17-6-4-9/h9H,3-7H2,1-2H3,(H2,13,14). The van der Waals surface area contributed by atoms with Crippen LogP contribution in [0.3, 0.4) is 0 Å². The first-order chi connectivity index (χ1) is 8.58. The number of carbonyl (C=O) groups excluding carboxylic acids is 1. The van der Waals surface area contributed by atoms with E-state index < -0.39 is 0 Å². The molecule has 2 heterocycles. The van der Waals surface area contributed by atoms with Crippen LogP contribution in [0.25, 0.3) is 0 Å². The number of aryl methyl sites for hydroxylation is 1. The van der Waals surface area contributed by atoms with E-state index in [0.29, 0.717) is 15.9 Å². The van der Waals surface area contributed by atoms with Gasteiger partial charge in [0, 0.05) is 26.8 Å². The molecule has 0 spiro atoms. The van der Waals surface area contributed by atoms with Crippen molar-refractivity contribution in [2.24, 2.45) is 5.92 Å². The molecule has 100 valence electrons. The number of hydrogen-bond acceptors (Lipinski definition) is 5. The Morgan fingerprint density at radius 2 is 2.22 bits per heavy atom. The Morgan fingerprint density at radius 3 is 2.78 bits per heavy atom. The van der Waals surface area contributed by atoms with Gasteiger partial charge in [0.15, 0.2) is 5.13 Å². The monoisotopic (exact) mass is 269 g/mol. The lowest BCUT2D eigenvalue weighted by molar-refractivity contribution is 0.0498. The Kier molecular flexibility index (Phi) is 4.19. The molecule has 1 amide bonds. The maximum Gasteiger partial charge on any atom is 0.265 e. The zero-order valence-electron chi connectivity index (χ0n) is 10.8. The van der Waals surface area contributed by atoms with Gasteiger partial charge in [-0.05, 0) is 25.7 Å². The number of nitrogen functional groups attached to an aromatic ring is 1. The van der Waals surface area contributed by atoms with Crippen molar-refractivity contribution in [3.05, 3.63) is 10.6 Å². The van der Waals surface area contributed by atoms with Crippen LogP contribution in [0.4, 0.5) is 5.13 Å². The van der Waals surface area contributed by atoms with Gasteiger partial charge < -0.3 is 15.4 Å². The van der Waals surface area contributed by atoms with Crippen molar-refractivity contribution in [1.82, 2.24) is 9.88 Å². The second-order valence-corrected chi connectivity index (χ2v) is 5.74. The van der Waals surface area contributed by atoms with Gasteiger partial charge in [0.1, 0.15) is 4.88 Å². The number of rotatable bonds is 3. The number of hydrogen-bond donors (Lipinski definition) is 1. The van der Waals surface area contributed by atoms with Crippen LogP contribution in [0.1, 0.15) is 28.2 Å². The van der Waals surface area contributed by atoms with Gasteiger partial charge in [0.2, 0.25) is 0 Å². The molecule has 5 nitrogen and oxygen atoms in total. The molecule has 6 heteroatoms. The van der Waals surface area contributed by atoms with E-state index in [1.165, 1.54) is 11.3 Å². The average Bonchev–Trinajstić information content (AvgIpc) is 2.68. The van der Waals surface area contributed by atoms with Crippen molar-refractivity contribution in [1.29, 1.82) is 0 Å². The van der Waals surface area contributed by atoms with Gasteiger partial charge >= 0.3 is 0 Å². The molecule has 1 aliphatic rings. The van der Waals surface area contributed by atoms with Crippen molar-refractivity contribution in [3.63, 3.8) is 0 Å². The normalized spacial score (nSPS) is 16.8. The summed E-state index contributed by atoms with van der Waals surface area (Å²) < 4.78 is 5.32. The van der Waals surface area contributed by atoms with Crippen LogP contribution in [-0.4, -0.2) is 42.6 Å². The number of carbonyl (C=O) groups is 1. The summed E-state index contributed by atoms with van der Waals surface area (Å²) in [5.74, 6) is 0.562. The Balaban J connectivity index is 1.97. The van der Waals surface area contributed by atoms with Crippen molar-refractivity contribution >= 4 is 22.4 Å². The minimum Gasteiger partial charge on any atom is -0.381 e. The van der Waals surface area contributed by atoms with Crippen LogP contribution in [0.2, 0.25) is 0 Å². The zero-order chi connectivity index (χ0) is 13.1. The number of thiazole rings is 1. The lowest BCUT2D eigenvalue weighted by atomic mass is 10.00. The Labute approximate surface area is 111 Å². The molecule has 0 unspecified atom stereocenters. The molecular weight excluding hydrogens is 250 g/mol. The Morgan fingerprint density at radius 1 is 1.56 bits per heavy atom. The first-order valence-electron chi connectivity index (χ1n) is 6.14. The number of ether oxygens (including phenoxy) is 1.